The molecular weight excluding hydrogens is 251 g/mol. The monoisotopic (exact) mass is 263 g/mol. The van der Waals surface area contributed by atoms with Crippen LogP contribution >= 0.6 is 0 Å². The SMILES string of the molecule is COC(=O)COCC(N)c1c(F)cc(F)cc1F. The average molecular weight is 263 g/mol. The Hall–Kier alpha value is -1.60. The smallest absolute Gasteiger partial charge is 0.331 e. The van der Waals surface area contributed by atoms with E-state index in [2.05, 4.69) is 4.74 Å². The summed E-state index contributed by atoms with van der Waals surface area (Å²) < 4.78 is 48.4. The van der Waals surface area contributed by atoms with Gasteiger partial charge in [0.25, 0.3) is 0 Å². The highest BCUT2D eigenvalue weighted by molar-refractivity contribution is 5.70. The number of carbonyl (C=O) groups excluding carboxylic acids is 1. The van der Waals surface area contributed by atoms with Crippen molar-refractivity contribution in [3.63, 3.8) is 0 Å². The minimum absolute atomic E-state index is 0.297. The van der Waals surface area contributed by atoms with Gasteiger partial charge in [0.2, 0.25) is 0 Å². The van der Waals surface area contributed by atoms with Gasteiger partial charge in [-0.3, -0.25) is 0 Å². The molecule has 18 heavy (non-hydrogen) atoms. The summed E-state index contributed by atoms with van der Waals surface area (Å²) in [4.78, 5) is 10.7. The summed E-state index contributed by atoms with van der Waals surface area (Å²) in [6.45, 7) is -0.677. The summed E-state index contributed by atoms with van der Waals surface area (Å²) in [5.41, 5.74) is 5.01. The molecule has 1 aromatic rings. The third-order valence-corrected chi connectivity index (χ3v) is 2.16. The number of nitrogens with two attached hydrogens (primary N) is 1. The summed E-state index contributed by atoms with van der Waals surface area (Å²) in [5, 5.41) is 0. The van der Waals surface area contributed by atoms with Crippen LogP contribution in [0.1, 0.15) is 11.6 Å². The van der Waals surface area contributed by atoms with Crippen molar-refractivity contribution in [1.82, 2.24) is 0 Å². The fourth-order valence-electron chi connectivity index (χ4n) is 1.32. The normalized spacial score (nSPS) is 12.3. The minimum Gasteiger partial charge on any atom is -0.467 e. The van der Waals surface area contributed by atoms with Crippen LogP contribution in [-0.2, 0) is 14.3 Å². The lowest BCUT2D eigenvalue weighted by Gasteiger charge is -2.14. The second-order valence-corrected chi connectivity index (χ2v) is 3.48. The molecule has 0 saturated carbocycles. The lowest BCUT2D eigenvalue weighted by atomic mass is 10.1. The van der Waals surface area contributed by atoms with Gasteiger partial charge in [0.05, 0.1) is 19.8 Å². The topological polar surface area (TPSA) is 61.5 Å². The van der Waals surface area contributed by atoms with Crippen molar-refractivity contribution in [2.75, 3.05) is 20.3 Å². The van der Waals surface area contributed by atoms with Gasteiger partial charge < -0.3 is 15.2 Å². The predicted octanol–water partition coefficient (Wildman–Crippen LogP) is 1.29. The first-order chi connectivity index (χ1) is 8.45. The highest BCUT2D eigenvalue weighted by atomic mass is 19.1. The fourth-order valence-corrected chi connectivity index (χ4v) is 1.32. The first kappa shape index (κ1) is 14.5. The number of benzene rings is 1. The summed E-state index contributed by atoms with van der Waals surface area (Å²) in [6.07, 6.45) is 0. The van der Waals surface area contributed by atoms with Gasteiger partial charge in [-0.2, -0.15) is 0 Å². The maximum atomic E-state index is 13.3. The number of hydrogen-bond acceptors (Lipinski definition) is 4. The summed E-state index contributed by atoms with van der Waals surface area (Å²) in [7, 11) is 1.17. The van der Waals surface area contributed by atoms with Gasteiger partial charge in [0.1, 0.15) is 24.1 Å². The molecule has 0 bridgehead atoms. The number of methoxy groups -OCH3 is 1. The molecule has 0 aliphatic heterocycles. The molecule has 0 radical (unpaired) electrons. The van der Waals surface area contributed by atoms with Crippen LogP contribution < -0.4 is 5.73 Å². The number of esters is 1. The zero-order valence-electron chi connectivity index (χ0n) is 9.58. The van der Waals surface area contributed by atoms with Gasteiger partial charge in [-0.15, -0.1) is 0 Å². The van der Waals surface area contributed by atoms with Crippen molar-refractivity contribution in [3.05, 3.63) is 35.1 Å². The molecule has 100 valence electrons. The van der Waals surface area contributed by atoms with E-state index >= 15 is 0 Å². The van der Waals surface area contributed by atoms with Crippen molar-refractivity contribution in [2.45, 2.75) is 6.04 Å². The molecule has 0 fully saturated rings. The van der Waals surface area contributed by atoms with Crippen LogP contribution in [0.3, 0.4) is 0 Å². The Morgan fingerprint density at radius 2 is 1.89 bits per heavy atom. The van der Waals surface area contributed by atoms with E-state index < -0.39 is 35.0 Å². The zero-order chi connectivity index (χ0) is 13.7. The van der Waals surface area contributed by atoms with Crippen LogP contribution in [0.4, 0.5) is 13.2 Å². The maximum Gasteiger partial charge on any atom is 0.331 e. The minimum atomic E-state index is -1.14. The Bertz CT molecular complexity index is 417. The van der Waals surface area contributed by atoms with E-state index in [0.717, 1.165) is 0 Å². The predicted molar refractivity (Wildman–Crippen MR) is 56.1 cm³/mol. The van der Waals surface area contributed by atoms with Crippen molar-refractivity contribution < 1.29 is 27.4 Å². The molecule has 0 aliphatic carbocycles. The van der Waals surface area contributed by atoms with E-state index in [1.165, 1.54) is 7.11 Å². The molecule has 2 N–H and O–H groups in total. The van der Waals surface area contributed by atoms with Gasteiger partial charge in [0, 0.05) is 17.7 Å². The molecule has 7 heteroatoms. The third-order valence-electron chi connectivity index (χ3n) is 2.16. The van der Waals surface area contributed by atoms with E-state index in [-0.39, 0.29) is 13.2 Å². The quantitative estimate of drug-likeness (QED) is 0.813. The Balaban J connectivity index is 2.67. The van der Waals surface area contributed by atoms with E-state index in [4.69, 9.17) is 10.5 Å². The van der Waals surface area contributed by atoms with E-state index in [0.29, 0.717) is 12.1 Å². The van der Waals surface area contributed by atoms with Gasteiger partial charge in [-0.05, 0) is 0 Å². The van der Waals surface area contributed by atoms with Gasteiger partial charge >= 0.3 is 5.97 Å². The second kappa shape index (κ2) is 6.36. The molecule has 0 heterocycles. The molecule has 0 amide bonds. The van der Waals surface area contributed by atoms with Crippen LogP contribution in [0, 0.1) is 17.5 Å². The maximum absolute atomic E-state index is 13.3. The number of rotatable bonds is 5. The molecule has 0 aliphatic rings. The lowest BCUT2D eigenvalue weighted by Crippen LogP contribution is -2.22. The molecular formula is C11H12F3NO3. The van der Waals surface area contributed by atoms with Crippen molar-refractivity contribution in [1.29, 1.82) is 0 Å². The van der Waals surface area contributed by atoms with Crippen molar-refractivity contribution >= 4 is 5.97 Å². The molecule has 1 rings (SSSR count). The Morgan fingerprint density at radius 3 is 2.39 bits per heavy atom. The lowest BCUT2D eigenvalue weighted by molar-refractivity contribution is -0.146. The first-order valence-corrected chi connectivity index (χ1v) is 5.00. The highest BCUT2D eigenvalue weighted by Gasteiger charge is 2.18. The first-order valence-electron chi connectivity index (χ1n) is 5.00. The van der Waals surface area contributed by atoms with Crippen LogP contribution in [0.2, 0.25) is 0 Å². The molecule has 4 nitrogen and oxygen atoms in total. The second-order valence-electron chi connectivity index (χ2n) is 3.48. The fraction of sp³-hybridized carbons (Fsp3) is 0.364. The molecule has 0 aromatic heterocycles. The number of carbonyl (C=O) groups is 1. The van der Waals surface area contributed by atoms with Gasteiger partial charge in [-0.25, -0.2) is 18.0 Å². The molecule has 1 atom stereocenters. The largest absolute Gasteiger partial charge is 0.467 e. The molecule has 0 spiro atoms. The summed E-state index contributed by atoms with van der Waals surface area (Å²) >= 11 is 0. The Kier molecular flexibility index (Phi) is 5.11. The number of hydrogen-bond donors (Lipinski definition) is 1. The van der Waals surface area contributed by atoms with E-state index in [1.807, 2.05) is 0 Å². The average Bonchev–Trinajstić information content (AvgIpc) is 2.27. The van der Waals surface area contributed by atoms with E-state index in [9.17, 15) is 18.0 Å². The zero-order valence-corrected chi connectivity index (χ0v) is 9.58. The standard InChI is InChI=1S/C11H12F3NO3/c1-17-10(16)5-18-4-9(15)11-7(13)2-6(12)3-8(11)14/h2-3,9H,4-5,15H2,1H3. The van der Waals surface area contributed by atoms with Gasteiger partial charge in [0.15, 0.2) is 0 Å². The van der Waals surface area contributed by atoms with Crippen LogP contribution in [0.5, 0.6) is 0 Å². The van der Waals surface area contributed by atoms with Crippen LogP contribution in [0.25, 0.3) is 0 Å². The molecule has 1 aromatic carbocycles. The summed E-state index contributed by atoms with van der Waals surface area (Å²) in [5.74, 6) is -3.86. The number of ether oxygens (including phenoxy) is 2. The number of halogens is 3. The van der Waals surface area contributed by atoms with Crippen molar-refractivity contribution in [3.8, 4) is 0 Å². The Morgan fingerprint density at radius 1 is 1.33 bits per heavy atom. The molecule has 0 saturated heterocycles. The highest BCUT2D eigenvalue weighted by Crippen LogP contribution is 2.20. The van der Waals surface area contributed by atoms with E-state index in [1.54, 1.807) is 0 Å². The summed E-state index contributed by atoms with van der Waals surface area (Å²) in [6, 6.07) is -0.0905. The molecule has 1 unspecified atom stereocenters. The third kappa shape index (κ3) is 3.71. The van der Waals surface area contributed by atoms with Crippen LogP contribution in [-0.4, -0.2) is 26.3 Å². The Labute approximate surface area is 101 Å². The van der Waals surface area contributed by atoms with Gasteiger partial charge in [-0.1, -0.05) is 0 Å². The van der Waals surface area contributed by atoms with Crippen molar-refractivity contribution in [2.24, 2.45) is 5.73 Å². The van der Waals surface area contributed by atoms with Crippen LogP contribution in [0.15, 0.2) is 12.1 Å².